The van der Waals surface area contributed by atoms with E-state index in [4.69, 9.17) is 0 Å². The van der Waals surface area contributed by atoms with E-state index in [2.05, 4.69) is 4.74 Å². The van der Waals surface area contributed by atoms with Gasteiger partial charge in [-0.05, 0) is 26.3 Å². The highest BCUT2D eigenvalue weighted by atomic mass is 16.5. The number of carbonyl (C=O) groups excluding carboxylic acids is 3. The predicted molar refractivity (Wildman–Crippen MR) is 53.1 cm³/mol. The van der Waals surface area contributed by atoms with Crippen LogP contribution in [0, 0.1) is 5.41 Å². The van der Waals surface area contributed by atoms with E-state index in [-0.39, 0.29) is 24.4 Å². The molecule has 1 rings (SSSR count). The van der Waals surface area contributed by atoms with E-state index >= 15 is 0 Å². The Morgan fingerprint density at radius 1 is 1.40 bits per heavy atom. The topological polar surface area (TPSA) is 60.4 Å². The van der Waals surface area contributed by atoms with E-state index < -0.39 is 11.4 Å². The molecule has 0 saturated heterocycles. The summed E-state index contributed by atoms with van der Waals surface area (Å²) in [5.41, 5.74) is -0.545. The van der Waals surface area contributed by atoms with Gasteiger partial charge in [0.2, 0.25) is 0 Å². The van der Waals surface area contributed by atoms with E-state index in [9.17, 15) is 14.4 Å². The van der Waals surface area contributed by atoms with Crippen molar-refractivity contribution in [3.63, 3.8) is 0 Å². The van der Waals surface area contributed by atoms with E-state index in [0.29, 0.717) is 0 Å². The van der Waals surface area contributed by atoms with Crippen LogP contribution in [0.5, 0.6) is 0 Å². The molecule has 0 aromatic carbocycles. The van der Waals surface area contributed by atoms with Crippen molar-refractivity contribution in [2.45, 2.75) is 26.7 Å². The minimum atomic E-state index is -1.29. The van der Waals surface area contributed by atoms with Crippen molar-refractivity contribution in [1.82, 2.24) is 0 Å². The van der Waals surface area contributed by atoms with Crippen molar-refractivity contribution in [3.8, 4) is 0 Å². The van der Waals surface area contributed by atoms with Gasteiger partial charge in [0, 0.05) is 6.42 Å². The largest absolute Gasteiger partial charge is 0.468 e. The van der Waals surface area contributed by atoms with Crippen molar-refractivity contribution >= 4 is 17.5 Å². The van der Waals surface area contributed by atoms with Crippen molar-refractivity contribution in [3.05, 3.63) is 11.6 Å². The summed E-state index contributed by atoms with van der Waals surface area (Å²) in [6.07, 6.45) is 1.68. The molecule has 0 radical (unpaired) electrons. The molecule has 0 N–H and O–H groups in total. The zero-order chi connectivity index (χ0) is 11.6. The van der Waals surface area contributed by atoms with Crippen molar-refractivity contribution < 1.29 is 19.1 Å². The van der Waals surface area contributed by atoms with Gasteiger partial charge in [-0.3, -0.25) is 14.4 Å². The Kier molecular flexibility index (Phi) is 3.07. The second kappa shape index (κ2) is 3.96. The number of allylic oxidation sites excluding steroid dienone is 2. The Bertz CT molecular complexity index is 354. The molecule has 0 fully saturated rings. The number of Topliss-reactive ketones (excluding diaryl/α,β-unsaturated/α-hetero) is 1. The van der Waals surface area contributed by atoms with E-state index in [0.717, 1.165) is 5.57 Å². The van der Waals surface area contributed by atoms with Crippen LogP contribution >= 0.6 is 0 Å². The van der Waals surface area contributed by atoms with Crippen LogP contribution in [-0.2, 0) is 19.1 Å². The maximum absolute atomic E-state index is 11.6. The van der Waals surface area contributed by atoms with E-state index in [1.807, 2.05) is 0 Å². The van der Waals surface area contributed by atoms with Crippen molar-refractivity contribution in [2.24, 2.45) is 5.41 Å². The first kappa shape index (κ1) is 11.6. The summed E-state index contributed by atoms with van der Waals surface area (Å²) in [5, 5.41) is 0. The molecular formula is C11H14O4. The molecule has 15 heavy (non-hydrogen) atoms. The third kappa shape index (κ3) is 1.98. The van der Waals surface area contributed by atoms with Crippen LogP contribution in [0.25, 0.3) is 0 Å². The van der Waals surface area contributed by atoms with Gasteiger partial charge in [0.05, 0.1) is 7.11 Å². The predicted octanol–water partition coefficient (Wildman–Crippen LogP) is 1.04. The molecule has 1 aliphatic rings. The normalized spacial score (nSPS) is 25.8. The molecule has 1 atom stereocenters. The first-order chi connectivity index (χ1) is 6.92. The molecule has 1 aliphatic carbocycles. The Morgan fingerprint density at radius 2 is 2.00 bits per heavy atom. The molecule has 0 bridgehead atoms. The van der Waals surface area contributed by atoms with Crippen molar-refractivity contribution in [2.75, 3.05) is 7.11 Å². The Balaban J connectivity index is 3.15. The van der Waals surface area contributed by atoms with Gasteiger partial charge in [-0.1, -0.05) is 5.57 Å². The Morgan fingerprint density at radius 3 is 2.40 bits per heavy atom. The van der Waals surface area contributed by atoms with Crippen LogP contribution < -0.4 is 0 Å². The van der Waals surface area contributed by atoms with Gasteiger partial charge in [0.15, 0.2) is 5.78 Å². The molecular weight excluding hydrogens is 196 g/mol. The molecule has 0 spiro atoms. The third-order valence-corrected chi connectivity index (χ3v) is 2.71. The monoisotopic (exact) mass is 210 g/mol. The van der Waals surface area contributed by atoms with E-state index in [1.54, 1.807) is 6.92 Å². The Hall–Kier alpha value is -1.45. The summed E-state index contributed by atoms with van der Waals surface area (Å²) in [4.78, 5) is 34.5. The van der Waals surface area contributed by atoms with Gasteiger partial charge in [0.1, 0.15) is 11.2 Å². The zero-order valence-electron chi connectivity index (χ0n) is 9.12. The minimum Gasteiger partial charge on any atom is -0.468 e. The molecule has 0 aromatic rings. The van der Waals surface area contributed by atoms with E-state index in [1.165, 1.54) is 20.1 Å². The average molecular weight is 210 g/mol. The molecule has 4 heteroatoms. The van der Waals surface area contributed by atoms with Crippen LogP contribution in [0.2, 0.25) is 0 Å². The highest BCUT2D eigenvalue weighted by Gasteiger charge is 2.47. The molecule has 0 saturated carbocycles. The highest BCUT2D eigenvalue weighted by molar-refractivity contribution is 6.09. The fourth-order valence-electron chi connectivity index (χ4n) is 1.95. The maximum atomic E-state index is 11.6. The Labute approximate surface area is 88.3 Å². The van der Waals surface area contributed by atoms with Crippen LogP contribution in [0.1, 0.15) is 26.7 Å². The number of methoxy groups -OCH3 is 1. The molecule has 82 valence electrons. The summed E-state index contributed by atoms with van der Waals surface area (Å²) in [6, 6.07) is 0. The molecule has 0 aliphatic heterocycles. The number of esters is 1. The maximum Gasteiger partial charge on any atom is 0.320 e. The fourth-order valence-corrected chi connectivity index (χ4v) is 1.95. The lowest BCUT2D eigenvalue weighted by Gasteiger charge is -2.30. The lowest BCUT2D eigenvalue weighted by atomic mass is 9.71. The number of hydrogen-bond acceptors (Lipinski definition) is 4. The molecule has 0 amide bonds. The van der Waals surface area contributed by atoms with Crippen LogP contribution in [0.3, 0.4) is 0 Å². The quantitative estimate of drug-likeness (QED) is 0.504. The third-order valence-electron chi connectivity index (χ3n) is 2.71. The standard InChI is InChI=1S/C11H14O4/c1-7-4-9(13)6-11(5-7,8(2)12)10(14)15-3/h4H,5-6H2,1-3H3. The van der Waals surface area contributed by atoms with Gasteiger partial charge in [-0.15, -0.1) is 0 Å². The summed E-state index contributed by atoms with van der Waals surface area (Å²) >= 11 is 0. The first-order valence-electron chi connectivity index (χ1n) is 4.72. The number of hydrogen-bond donors (Lipinski definition) is 0. The zero-order valence-corrected chi connectivity index (χ0v) is 9.12. The number of ketones is 2. The summed E-state index contributed by atoms with van der Waals surface area (Å²) in [7, 11) is 1.23. The SMILES string of the molecule is COC(=O)C1(C(C)=O)CC(=O)C=C(C)C1. The average Bonchev–Trinajstić information content (AvgIpc) is 2.14. The first-order valence-corrected chi connectivity index (χ1v) is 4.72. The smallest absolute Gasteiger partial charge is 0.320 e. The van der Waals surface area contributed by atoms with Gasteiger partial charge in [-0.2, -0.15) is 0 Å². The van der Waals surface area contributed by atoms with Crippen LogP contribution in [0.15, 0.2) is 11.6 Å². The van der Waals surface area contributed by atoms with Gasteiger partial charge < -0.3 is 4.74 Å². The number of rotatable bonds is 2. The molecule has 4 nitrogen and oxygen atoms in total. The van der Waals surface area contributed by atoms with Gasteiger partial charge >= 0.3 is 5.97 Å². The van der Waals surface area contributed by atoms with Crippen LogP contribution in [0.4, 0.5) is 0 Å². The van der Waals surface area contributed by atoms with Crippen LogP contribution in [-0.4, -0.2) is 24.6 Å². The molecule has 0 aromatic heterocycles. The van der Waals surface area contributed by atoms with Gasteiger partial charge in [0.25, 0.3) is 0 Å². The second-order valence-corrected chi connectivity index (χ2v) is 3.94. The summed E-state index contributed by atoms with van der Waals surface area (Å²) < 4.78 is 4.61. The second-order valence-electron chi connectivity index (χ2n) is 3.94. The summed E-state index contributed by atoms with van der Waals surface area (Å²) in [6.45, 7) is 3.06. The minimum absolute atomic E-state index is 0.0770. The summed E-state index contributed by atoms with van der Waals surface area (Å²) in [5.74, 6) is -1.12. The number of carbonyl (C=O) groups is 3. The lowest BCUT2D eigenvalue weighted by molar-refractivity contribution is -0.159. The highest BCUT2D eigenvalue weighted by Crippen LogP contribution is 2.36. The lowest BCUT2D eigenvalue weighted by Crippen LogP contribution is -2.42. The fraction of sp³-hybridized carbons (Fsp3) is 0.545. The molecule has 1 unspecified atom stereocenters. The number of ether oxygens (including phenoxy) is 1. The van der Waals surface area contributed by atoms with Crippen molar-refractivity contribution in [1.29, 1.82) is 0 Å². The molecule has 0 heterocycles. The van der Waals surface area contributed by atoms with Gasteiger partial charge in [-0.25, -0.2) is 0 Å².